The molecule has 1 rings (SSSR count). The van der Waals surface area contributed by atoms with Crippen LogP contribution >= 0.6 is 11.6 Å². The Balaban J connectivity index is 2.52. The molecule has 1 aliphatic rings. The normalized spacial score (nSPS) is 20.9. The number of nitrogens with one attached hydrogen (secondary N) is 1. The van der Waals surface area contributed by atoms with Gasteiger partial charge in [0.15, 0.2) is 5.56 Å². The number of hydrogen-bond donors (Lipinski definition) is 1. The van der Waals surface area contributed by atoms with Gasteiger partial charge in [-0.15, -0.1) is 0 Å². The predicted octanol–water partition coefficient (Wildman–Crippen LogP) is 2.65. The molecule has 0 aromatic heterocycles. The van der Waals surface area contributed by atoms with E-state index in [9.17, 15) is 9.59 Å². The van der Waals surface area contributed by atoms with E-state index < -0.39 is 29.5 Å². The lowest BCUT2D eigenvalue weighted by atomic mass is 10.2. The van der Waals surface area contributed by atoms with Crippen LogP contribution in [0.3, 0.4) is 0 Å². The average molecular weight is 293 g/mol. The van der Waals surface area contributed by atoms with Gasteiger partial charge in [-0.05, 0) is 40.5 Å². The fraction of sp³-hybridized carbons (Fsp3) is 0.833. The first-order valence-electron chi connectivity index (χ1n) is 6.30. The molecule has 1 heterocycles. The molecule has 2 atom stereocenters. The molecule has 0 saturated carbocycles. The summed E-state index contributed by atoms with van der Waals surface area (Å²) in [5, 5.41) is 2.66. The molecular formula is C12H21ClN2O4. The van der Waals surface area contributed by atoms with E-state index >= 15 is 0 Å². The van der Waals surface area contributed by atoms with E-state index in [4.69, 9.17) is 21.1 Å². The van der Waals surface area contributed by atoms with Crippen molar-refractivity contribution in [2.45, 2.75) is 57.9 Å². The molecule has 0 bridgehead atoms. The highest BCUT2D eigenvalue weighted by Gasteiger charge is 2.32. The van der Waals surface area contributed by atoms with Crippen molar-refractivity contribution in [1.82, 2.24) is 10.2 Å². The molecule has 19 heavy (non-hydrogen) atoms. The van der Waals surface area contributed by atoms with Crippen LogP contribution in [-0.2, 0) is 9.47 Å². The van der Waals surface area contributed by atoms with Gasteiger partial charge in [0.2, 0.25) is 0 Å². The molecule has 7 heteroatoms. The Bertz CT molecular complexity index is 341. The second kappa shape index (κ2) is 6.32. The van der Waals surface area contributed by atoms with Crippen LogP contribution in [0, 0.1) is 0 Å². The maximum Gasteiger partial charge on any atom is 0.412 e. The number of alkyl halides is 1. The number of likely N-dealkylation sites (tertiary alicyclic amines) is 1. The van der Waals surface area contributed by atoms with E-state index in [0.29, 0.717) is 13.0 Å². The van der Waals surface area contributed by atoms with Crippen LogP contribution < -0.4 is 5.32 Å². The number of amides is 2. The first kappa shape index (κ1) is 15.9. The summed E-state index contributed by atoms with van der Waals surface area (Å²) in [6.07, 6.45) is -0.00742. The maximum atomic E-state index is 11.8. The topological polar surface area (TPSA) is 67.9 Å². The summed E-state index contributed by atoms with van der Waals surface area (Å²) in [5.74, 6) is 0. The number of ether oxygens (including phenoxy) is 2. The quantitative estimate of drug-likeness (QED) is 0.795. The predicted molar refractivity (Wildman–Crippen MR) is 70.9 cm³/mol. The van der Waals surface area contributed by atoms with Crippen LogP contribution in [0.2, 0.25) is 0 Å². The monoisotopic (exact) mass is 292 g/mol. The molecule has 1 saturated heterocycles. The van der Waals surface area contributed by atoms with E-state index in [1.807, 2.05) is 0 Å². The Kier molecular flexibility index (Phi) is 5.29. The van der Waals surface area contributed by atoms with Crippen molar-refractivity contribution < 1.29 is 19.1 Å². The zero-order chi connectivity index (χ0) is 14.6. The summed E-state index contributed by atoms with van der Waals surface area (Å²) in [5.41, 5.74) is -1.27. The van der Waals surface area contributed by atoms with Crippen LogP contribution in [0.5, 0.6) is 0 Å². The van der Waals surface area contributed by atoms with Crippen molar-refractivity contribution in [3.05, 3.63) is 0 Å². The summed E-state index contributed by atoms with van der Waals surface area (Å²) in [6, 6.07) is 0. The molecule has 0 aromatic carbocycles. The van der Waals surface area contributed by atoms with Crippen LogP contribution in [0.4, 0.5) is 9.59 Å². The Morgan fingerprint density at radius 3 is 2.58 bits per heavy atom. The van der Waals surface area contributed by atoms with Gasteiger partial charge in [-0.25, -0.2) is 9.59 Å². The lowest BCUT2D eigenvalue weighted by Crippen LogP contribution is -2.48. The Hall–Kier alpha value is -1.17. The zero-order valence-electron chi connectivity index (χ0n) is 11.7. The van der Waals surface area contributed by atoms with Crippen LogP contribution in [0.15, 0.2) is 0 Å². The van der Waals surface area contributed by atoms with Crippen LogP contribution in [0.1, 0.15) is 40.5 Å². The number of halogens is 1. The van der Waals surface area contributed by atoms with E-state index in [0.717, 1.165) is 6.42 Å². The van der Waals surface area contributed by atoms with Gasteiger partial charge in [-0.3, -0.25) is 4.90 Å². The van der Waals surface area contributed by atoms with Gasteiger partial charge < -0.3 is 14.8 Å². The highest BCUT2D eigenvalue weighted by molar-refractivity contribution is 6.19. The van der Waals surface area contributed by atoms with Crippen molar-refractivity contribution in [2.75, 3.05) is 6.54 Å². The number of hydrogen-bond acceptors (Lipinski definition) is 4. The Morgan fingerprint density at radius 2 is 2.05 bits per heavy atom. The van der Waals surface area contributed by atoms with Crippen molar-refractivity contribution >= 4 is 23.8 Å². The molecule has 1 N–H and O–H groups in total. The Morgan fingerprint density at radius 1 is 1.42 bits per heavy atom. The van der Waals surface area contributed by atoms with Gasteiger partial charge in [0.1, 0.15) is 11.8 Å². The first-order chi connectivity index (χ1) is 8.69. The standard InChI is InChI=1S/C12H21ClN2O4/c1-8(13)18-11(17)15-7-5-6-9(15)14-10(16)19-12(2,3)4/h8-9H,5-7H2,1-4H3,(H,14,16). The molecule has 0 radical (unpaired) electrons. The molecule has 1 aliphatic heterocycles. The van der Waals surface area contributed by atoms with Crippen LogP contribution in [0.25, 0.3) is 0 Å². The molecule has 110 valence electrons. The fourth-order valence-corrected chi connectivity index (χ4v) is 1.86. The van der Waals surface area contributed by atoms with E-state index in [2.05, 4.69) is 5.32 Å². The minimum absolute atomic E-state index is 0.405. The van der Waals surface area contributed by atoms with Gasteiger partial charge in [0, 0.05) is 6.54 Å². The third-order valence-corrected chi connectivity index (χ3v) is 2.52. The molecule has 0 spiro atoms. The van der Waals surface area contributed by atoms with E-state index in [1.165, 1.54) is 4.90 Å². The SMILES string of the molecule is CC(Cl)OC(=O)N1CCCC1NC(=O)OC(C)(C)C. The van der Waals surface area contributed by atoms with Crippen molar-refractivity contribution in [3.8, 4) is 0 Å². The number of rotatable bonds is 2. The second-order valence-electron chi connectivity index (χ2n) is 5.42. The number of carbonyl (C=O) groups is 2. The third-order valence-electron chi connectivity index (χ3n) is 2.43. The molecule has 2 unspecified atom stereocenters. The van der Waals surface area contributed by atoms with E-state index in [1.54, 1.807) is 27.7 Å². The number of nitrogens with zero attached hydrogens (tertiary/aromatic N) is 1. The first-order valence-corrected chi connectivity index (χ1v) is 6.73. The molecule has 0 aliphatic carbocycles. The van der Waals surface area contributed by atoms with Gasteiger partial charge in [0.25, 0.3) is 0 Å². The zero-order valence-corrected chi connectivity index (χ0v) is 12.5. The lowest BCUT2D eigenvalue weighted by Gasteiger charge is -2.27. The number of carbonyl (C=O) groups excluding carboxylic acids is 2. The molecule has 1 fully saturated rings. The minimum atomic E-state index is -0.699. The van der Waals surface area contributed by atoms with Gasteiger partial charge in [0.05, 0.1) is 0 Å². The molecule has 2 amide bonds. The average Bonchev–Trinajstić information content (AvgIpc) is 2.61. The molecule has 0 aromatic rings. The number of alkyl carbamates (subject to hydrolysis) is 1. The van der Waals surface area contributed by atoms with Gasteiger partial charge >= 0.3 is 12.2 Å². The third kappa shape index (κ3) is 5.55. The summed E-state index contributed by atoms with van der Waals surface area (Å²) >= 11 is 5.61. The lowest BCUT2D eigenvalue weighted by molar-refractivity contribution is 0.0426. The maximum absolute atomic E-state index is 11.8. The summed E-state index contributed by atoms with van der Waals surface area (Å²) in [4.78, 5) is 24.9. The molecular weight excluding hydrogens is 272 g/mol. The largest absolute Gasteiger partial charge is 0.444 e. The molecule has 6 nitrogen and oxygen atoms in total. The van der Waals surface area contributed by atoms with Crippen molar-refractivity contribution in [3.63, 3.8) is 0 Å². The van der Waals surface area contributed by atoms with Crippen molar-refractivity contribution in [1.29, 1.82) is 0 Å². The second-order valence-corrected chi connectivity index (χ2v) is 6.04. The van der Waals surface area contributed by atoms with Gasteiger partial charge in [-0.1, -0.05) is 11.6 Å². The van der Waals surface area contributed by atoms with Crippen molar-refractivity contribution in [2.24, 2.45) is 0 Å². The minimum Gasteiger partial charge on any atom is -0.444 e. The Labute approximate surface area is 118 Å². The highest BCUT2D eigenvalue weighted by atomic mass is 35.5. The van der Waals surface area contributed by atoms with E-state index in [-0.39, 0.29) is 0 Å². The summed E-state index contributed by atoms with van der Waals surface area (Å²) in [7, 11) is 0. The smallest absolute Gasteiger partial charge is 0.412 e. The van der Waals surface area contributed by atoms with Gasteiger partial charge in [-0.2, -0.15) is 0 Å². The highest BCUT2D eigenvalue weighted by Crippen LogP contribution is 2.18. The fourth-order valence-electron chi connectivity index (χ4n) is 1.79. The summed E-state index contributed by atoms with van der Waals surface area (Å²) in [6.45, 7) is 7.43. The summed E-state index contributed by atoms with van der Waals surface area (Å²) < 4.78 is 10.1. The van der Waals surface area contributed by atoms with Crippen LogP contribution in [-0.4, -0.2) is 41.0 Å².